The highest BCUT2D eigenvalue weighted by Gasteiger charge is 2.21. The standard InChI is InChI=1S/C17H17FN4OS2/c1-3-22-15(14-9-6-10-24-14)20-21-17(22)25-11(2)16(23)19-13-8-5-4-7-12(13)18/h4-11H,3H2,1-2H3,(H,19,23)/t11-/m0/s1. The minimum absolute atomic E-state index is 0.177. The van der Waals surface area contributed by atoms with Gasteiger partial charge in [0.05, 0.1) is 15.8 Å². The van der Waals surface area contributed by atoms with Gasteiger partial charge in [-0.3, -0.25) is 4.79 Å². The molecule has 0 fully saturated rings. The Kier molecular flexibility index (Phi) is 5.50. The Hall–Kier alpha value is -2.19. The number of rotatable bonds is 6. The first-order valence-electron chi connectivity index (χ1n) is 7.79. The van der Waals surface area contributed by atoms with Crippen LogP contribution in [0.15, 0.2) is 46.9 Å². The zero-order chi connectivity index (χ0) is 17.8. The topological polar surface area (TPSA) is 59.8 Å². The van der Waals surface area contributed by atoms with Crippen LogP contribution in [0.2, 0.25) is 0 Å². The molecule has 1 N–H and O–H groups in total. The van der Waals surface area contributed by atoms with E-state index in [2.05, 4.69) is 15.5 Å². The van der Waals surface area contributed by atoms with Gasteiger partial charge in [0.25, 0.3) is 0 Å². The predicted octanol–water partition coefficient (Wildman–Crippen LogP) is 4.28. The summed E-state index contributed by atoms with van der Waals surface area (Å²) in [6, 6.07) is 10.1. The summed E-state index contributed by atoms with van der Waals surface area (Å²) in [7, 11) is 0. The smallest absolute Gasteiger partial charge is 0.237 e. The highest BCUT2D eigenvalue weighted by molar-refractivity contribution is 8.00. The SMILES string of the molecule is CCn1c(S[C@@H](C)C(=O)Nc2ccccc2F)nnc1-c1cccs1. The summed E-state index contributed by atoms with van der Waals surface area (Å²) in [5.41, 5.74) is 0.177. The maximum atomic E-state index is 13.7. The van der Waals surface area contributed by atoms with Crippen molar-refractivity contribution in [1.29, 1.82) is 0 Å². The number of benzene rings is 1. The lowest BCUT2D eigenvalue weighted by atomic mass is 10.3. The number of carbonyl (C=O) groups excluding carboxylic acids is 1. The van der Waals surface area contributed by atoms with Gasteiger partial charge < -0.3 is 9.88 Å². The molecule has 130 valence electrons. The molecule has 0 aliphatic rings. The molecule has 8 heteroatoms. The van der Waals surface area contributed by atoms with Crippen molar-refractivity contribution in [2.24, 2.45) is 0 Å². The number of halogens is 1. The normalized spacial score (nSPS) is 12.1. The van der Waals surface area contributed by atoms with E-state index in [0.717, 1.165) is 10.7 Å². The molecule has 25 heavy (non-hydrogen) atoms. The molecule has 0 saturated carbocycles. The largest absolute Gasteiger partial charge is 0.323 e. The number of nitrogens with one attached hydrogen (secondary N) is 1. The second-order valence-corrected chi connectivity index (χ2v) is 7.51. The first-order valence-corrected chi connectivity index (χ1v) is 9.55. The maximum Gasteiger partial charge on any atom is 0.237 e. The monoisotopic (exact) mass is 376 g/mol. The fraction of sp³-hybridized carbons (Fsp3) is 0.235. The molecule has 3 rings (SSSR count). The Balaban J connectivity index is 1.74. The van der Waals surface area contributed by atoms with Crippen LogP contribution in [0.3, 0.4) is 0 Å². The number of thiophene rings is 1. The molecule has 5 nitrogen and oxygen atoms in total. The van der Waals surface area contributed by atoms with Crippen molar-refractivity contribution in [3.05, 3.63) is 47.6 Å². The minimum Gasteiger partial charge on any atom is -0.323 e. The molecule has 0 spiro atoms. The lowest BCUT2D eigenvalue weighted by Gasteiger charge is -2.13. The summed E-state index contributed by atoms with van der Waals surface area (Å²) in [5.74, 6) is 0.0601. The van der Waals surface area contributed by atoms with Crippen LogP contribution >= 0.6 is 23.1 Å². The average Bonchev–Trinajstić information content (AvgIpc) is 3.25. The van der Waals surface area contributed by atoms with Crippen molar-refractivity contribution in [3.8, 4) is 10.7 Å². The Morgan fingerprint density at radius 3 is 2.80 bits per heavy atom. The summed E-state index contributed by atoms with van der Waals surface area (Å²) >= 11 is 2.90. The molecule has 0 radical (unpaired) electrons. The lowest BCUT2D eigenvalue weighted by molar-refractivity contribution is -0.115. The van der Waals surface area contributed by atoms with Gasteiger partial charge >= 0.3 is 0 Å². The molecule has 2 aromatic heterocycles. The number of para-hydroxylation sites is 1. The highest BCUT2D eigenvalue weighted by Crippen LogP contribution is 2.29. The molecular formula is C17H17FN4OS2. The van der Waals surface area contributed by atoms with E-state index in [0.29, 0.717) is 11.7 Å². The Morgan fingerprint density at radius 1 is 1.32 bits per heavy atom. The number of amides is 1. The minimum atomic E-state index is -0.454. The first-order chi connectivity index (χ1) is 12.1. The van der Waals surface area contributed by atoms with Gasteiger partial charge in [-0.1, -0.05) is 30.0 Å². The van der Waals surface area contributed by atoms with Crippen LogP contribution in [0.4, 0.5) is 10.1 Å². The fourth-order valence-corrected chi connectivity index (χ4v) is 3.89. The van der Waals surface area contributed by atoms with Crippen molar-refractivity contribution < 1.29 is 9.18 Å². The number of carbonyl (C=O) groups is 1. The lowest BCUT2D eigenvalue weighted by Crippen LogP contribution is -2.23. The number of anilines is 1. The molecule has 1 aromatic carbocycles. The highest BCUT2D eigenvalue weighted by atomic mass is 32.2. The Labute approximate surface area is 153 Å². The third kappa shape index (κ3) is 3.91. The molecule has 1 atom stereocenters. The molecule has 0 aliphatic carbocycles. The Morgan fingerprint density at radius 2 is 2.12 bits per heavy atom. The molecule has 3 aromatic rings. The van der Waals surface area contributed by atoms with Crippen LogP contribution in [-0.4, -0.2) is 25.9 Å². The van der Waals surface area contributed by atoms with E-state index in [-0.39, 0.29) is 11.6 Å². The van der Waals surface area contributed by atoms with Gasteiger partial charge in [-0.15, -0.1) is 21.5 Å². The molecule has 2 heterocycles. The van der Waals surface area contributed by atoms with E-state index in [4.69, 9.17) is 0 Å². The van der Waals surface area contributed by atoms with Gasteiger partial charge in [-0.05, 0) is 37.4 Å². The van der Waals surface area contributed by atoms with E-state index in [9.17, 15) is 9.18 Å². The molecule has 1 amide bonds. The molecular weight excluding hydrogens is 359 g/mol. The number of hydrogen-bond acceptors (Lipinski definition) is 5. The van der Waals surface area contributed by atoms with Gasteiger partial charge in [0, 0.05) is 6.54 Å². The first kappa shape index (κ1) is 17.6. The van der Waals surface area contributed by atoms with Crippen molar-refractivity contribution >= 4 is 34.7 Å². The van der Waals surface area contributed by atoms with Gasteiger partial charge in [0.15, 0.2) is 11.0 Å². The molecule has 0 aliphatic heterocycles. The third-order valence-electron chi connectivity index (χ3n) is 3.56. The van der Waals surface area contributed by atoms with Crippen LogP contribution in [0, 0.1) is 5.82 Å². The van der Waals surface area contributed by atoms with Crippen molar-refractivity contribution in [2.45, 2.75) is 30.8 Å². The van der Waals surface area contributed by atoms with Gasteiger partial charge in [0.2, 0.25) is 5.91 Å². The summed E-state index contributed by atoms with van der Waals surface area (Å²) in [6.45, 7) is 4.47. The van der Waals surface area contributed by atoms with Crippen LogP contribution in [0.5, 0.6) is 0 Å². The summed E-state index contributed by atoms with van der Waals surface area (Å²) in [6.07, 6.45) is 0. The molecule has 0 unspecified atom stereocenters. The average molecular weight is 376 g/mol. The van der Waals surface area contributed by atoms with E-state index >= 15 is 0 Å². The summed E-state index contributed by atoms with van der Waals surface area (Å²) < 4.78 is 15.6. The van der Waals surface area contributed by atoms with Crippen molar-refractivity contribution in [1.82, 2.24) is 14.8 Å². The second kappa shape index (κ2) is 7.79. The molecule has 0 saturated heterocycles. The zero-order valence-electron chi connectivity index (χ0n) is 13.8. The van der Waals surface area contributed by atoms with E-state index in [1.54, 1.807) is 30.4 Å². The summed E-state index contributed by atoms with van der Waals surface area (Å²) in [5, 5.41) is 13.3. The van der Waals surface area contributed by atoms with Gasteiger partial charge in [0.1, 0.15) is 5.82 Å². The van der Waals surface area contributed by atoms with Crippen molar-refractivity contribution in [2.75, 3.05) is 5.32 Å². The number of hydrogen-bond donors (Lipinski definition) is 1. The number of nitrogens with zero attached hydrogens (tertiary/aromatic N) is 3. The third-order valence-corrected chi connectivity index (χ3v) is 5.50. The Bertz CT molecular complexity index is 863. The van der Waals surface area contributed by atoms with E-state index in [1.807, 2.05) is 29.0 Å². The van der Waals surface area contributed by atoms with Crippen LogP contribution in [-0.2, 0) is 11.3 Å². The number of thioether (sulfide) groups is 1. The molecule has 0 bridgehead atoms. The predicted molar refractivity (Wildman–Crippen MR) is 99.4 cm³/mol. The van der Waals surface area contributed by atoms with Gasteiger partial charge in [-0.25, -0.2) is 4.39 Å². The van der Waals surface area contributed by atoms with E-state index in [1.165, 1.54) is 23.9 Å². The fourth-order valence-electron chi connectivity index (χ4n) is 2.26. The van der Waals surface area contributed by atoms with E-state index < -0.39 is 11.1 Å². The number of aromatic nitrogens is 3. The van der Waals surface area contributed by atoms with Gasteiger partial charge in [-0.2, -0.15) is 0 Å². The quantitative estimate of drug-likeness (QED) is 0.652. The van der Waals surface area contributed by atoms with Crippen LogP contribution in [0.1, 0.15) is 13.8 Å². The maximum absolute atomic E-state index is 13.7. The van der Waals surface area contributed by atoms with Crippen LogP contribution < -0.4 is 5.32 Å². The van der Waals surface area contributed by atoms with Crippen molar-refractivity contribution in [3.63, 3.8) is 0 Å². The van der Waals surface area contributed by atoms with Crippen LogP contribution in [0.25, 0.3) is 10.7 Å². The second-order valence-electron chi connectivity index (χ2n) is 5.26. The summed E-state index contributed by atoms with van der Waals surface area (Å²) in [4.78, 5) is 13.4. The zero-order valence-corrected chi connectivity index (χ0v) is 15.4.